The summed E-state index contributed by atoms with van der Waals surface area (Å²) >= 11 is 1.55. The van der Waals surface area contributed by atoms with Crippen molar-refractivity contribution in [1.29, 1.82) is 0 Å². The molecule has 6 nitrogen and oxygen atoms in total. The predicted molar refractivity (Wildman–Crippen MR) is 110 cm³/mol. The number of piperazine rings is 1. The first kappa shape index (κ1) is 17.6. The number of ether oxygens (including phenoxy) is 1. The van der Waals surface area contributed by atoms with Crippen LogP contribution in [-0.2, 0) is 11.3 Å². The molecule has 28 heavy (non-hydrogen) atoms. The smallest absolute Gasteiger partial charge is 0.279 e. The molecule has 1 aromatic heterocycles. The Kier molecular flexibility index (Phi) is 4.50. The van der Waals surface area contributed by atoms with Gasteiger partial charge in [0, 0.05) is 31.7 Å². The number of likely N-dealkylation sites (tertiary alicyclic amines) is 2. The summed E-state index contributed by atoms with van der Waals surface area (Å²) in [5.41, 5.74) is 7.73. The van der Waals surface area contributed by atoms with Gasteiger partial charge in [-0.15, -0.1) is 0 Å². The van der Waals surface area contributed by atoms with Crippen molar-refractivity contribution in [2.24, 2.45) is 5.73 Å². The molecule has 2 saturated heterocycles. The Morgan fingerprint density at radius 1 is 1.14 bits per heavy atom. The van der Waals surface area contributed by atoms with Gasteiger partial charge in [-0.2, -0.15) is 0 Å². The van der Waals surface area contributed by atoms with Gasteiger partial charge in [-0.25, -0.2) is 4.98 Å². The topological polar surface area (TPSA) is 71.7 Å². The molecule has 2 N–H and O–H groups in total. The molecule has 0 radical (unpaired) electrons. The summed E-state index contributed by atoms with van der Waals surface area (Å²) < 4.78 is 7.05. The number of fused-ring (bicyclic) bond motifs is 3. The Hall–Kier alpha value is -2.48. The maximum Gasteiger partial charge on any atom is 0.279 e. The molecule has 3 aromatic rings. The molecule has 144 valence electrons. The molecule has 7 heteroatoms. The van der Waals surface area contributed by atoms with E-state index in [1.165, 1.54) is 5.56 Å². The molecule has 2 fully saturated rings. The van der Waals surface area contributed by atoms with E-state index < -0.39 is 0 Å². The zero-order valence-electron chi connectivity index (χ0n) is 15.5. The Balaban J connectivity index is 1.21. The predicted octanol–water partition coefficient (Wildman–Crippen LogP) is 2.83. The van der Waals surface area contributed by atoms with Crippen LogP contribution in [0.15, 0.2) is 48.5 Å². The van der Waals surface area contributed by atoms with Crippen molar-refractivity contribution in [1.82, 2.24) is 14.8 Å². The molecule has 5 rings (SSSR count). The van der Waals surface area contributed by atoms with Crippen LogP contribution >= 0.6 is 11.3 Å². The summed E-state index contributed by atoms with van der Waals surface area (Å²) in [6.07, 6.45) is 1.06. The highest BCUT2D eigenvalue weighted by molar-refractivity contribution is 7.20. The fraction of sp³-hybridized carbons (Fsp3) is 0.333. The number of hydrogen-bond acceptors (Lipinski definition) is 6. The van der Waals surface area contributed by atoms with E-state index in [0.717, 1.165) is 42.0 Å². The Morgan fingerprint density at radius 3 is 2.68 bits per heavy atom. The van der Waals surface area contributed by atoms with Crippen molar-refractivity contribution in [2.45, 2.75) is 25.0 Å². The van der Waals surface area contributed by atoms with E-state index in [9.17, 15) is 4.79 Å². The largest absolute Gasteiger partial charge is 0.431 e. The zero-order valence-corrected chi connectivity index (χ0v) is 16.3. The SMILES string of the molecule is NCC(=O)N1CC2CC1CN2Cc1ccc(Oc2nc3ccccc3s2)cc1. The number of para-hydroxylation sites is 1. The van der Waals surface area contributed by atoms with Gasteiger partial charge in [0.2, 0.25) is 5.91 Å². The number of carbonyl (C=O) groups excluding carboxylic acids is 1. The number of nitrogens with two attached hydrogens (primary N) is 1. The number of rotatable bonds is 5. The number of thiazole rings is 1. The first-order valence-electron chi connectivity index (χ1n) is 9.55. The van der Waals surface area contributed by atoms with E-state index in [2.05, 4.69) is 28.1 Å². The molecule has 0 spiro atoms. The molecule has 2 aliphatic heterocycles. The van der Waals surface area contributed by atoms with Gasteiger partial charge in [0.1, 0.15) is 5.75 Å². The van der Waals surface area contributed by atoms with E-state index in [0.29, 0.717) is 17.3 Å². The zero-order chi connectivity index (χ0) is 19.1. The van der Waals surface area contributed by atoms with Crippen molar-refractivity contribution in [3.05, 3.63) is 54.1 Å². The first-order valence-corrected chi connectivity index (χ1v) is 10.4. The van der Waals surface area contributed by atoms with Gasteiger partial charge in [0.15, 0.2) is 0 Å². The Labute approximate surface area is 167 Å². The van der Waals surface area contributed by atoms with Crippen molar-refractivity contribution in [3.8, 4) is 10.9 Å². The lowest BCUT2D eigenvalue weighted by Gasteiger charge is -2.34. The van der Waals surface area contributed by atoms with E-state index in [1.807, 2.05) is 35.2 Å². The number of benzene rings is 2. The summed E-state index contributed by atoms with van der Waals surface area (Å²) in [5, 5.41) is 0.662. The number of carbonyl (C=O) groups is 1. The van der Waals surface area contributed by atoms with Crippen molar-refractivity contribution >= 4 is 27.5 Å². The molecule has 0 aliphatic carbocycles. The van der Waals surface area contributed by atoms with Crippen LogP contribution in [0.2, 0.25) is 0 Å². The number of hydrogen-bond donors (Lipinski definition) is 1. The molecule has 2 aliphatic rings. The van der Waals surface area contributed by atoms with Gasteiger partial charge in [-0.05, 0) is 36.2 Å². The van der Waals surface area contributed by atoms with E-state index in [-0.39, 0.29) is 12.5 Å². The molecule has 2 bridgehead atoms. The van der Waals surface area contributed by atoms with Crippen LogP contribution in [0.4, 0.5) is 0 Å². The Bertz CT molecular complexity index is 970. The third-order valence-electron chi connectivity index (χ3n) is 5.64. The molecule has 0 saturated carbocycles. The van der Waals surface area contributed by atoms with Gasteiger partial charge in [-0.3, -0.25) is 9.69 Å². The van der Waals surface area contributed by atoms with Crippen LogP contribution in [0, 0.1) is 0 Å². The molecule has 2 atom stereocenters. The normalized spacial score (nSPS) is 21.5. The fourth-order valence-corrected chi connectivity index (χ4v) is 5.09. The quantitative estimate of drug-likeness (QED) is 0.721. The molecular formula is C21H22N4O2S. The minimum atomic E-state index is 0.0727. The molecular weight excluding hydrogens is 372 g/mol. The Morgan fingerprint density at radius 2 is 1.96 bits per heavy atom. The summed E-state index contributed by atoms with van der Waals surface area (Å²) in [6, 6.07) is 17.0. The van der Waals surface area contributed by atoms with Crippen LogP contribution in [-0.4, -0.2) is 52.4 Å². The maximum atomic E-state index is 11.9. The summed E-state index contributed by atoms with van der Waals surface area (Å²) in [6.45, 7) is 2.74. The molecule has 2 aromatic carbocycles. The lowest BCUT2D eigenvalue weighted by molar-refractivity contribution is -0.132. The third kappa shape index (κ3) is 3.26. The number of amides is 1. The van der Waals surface area contributed by atoms with Crippen molar-refractivity contribution < 1.29 is 9.53 Å². The lowest BCUT2D eigenvalue weighted by Crippen LogP contribution is -2.49. The summed E-state index contributed by atoms with van der Waals surface area (Å²) in [4.78, 5) is 20.8. The van der Waals surface area contributed by atoms with E-state index >= 15 is 0 Å². The number of aromatic nitrogens is 1. The highest BCUT2D eigenvalue weighted by Crippen LogP contribution is 2.33. The van der Waals surface area contributed by atoms with Gasteiger partial charge >= 0.3 is 0 Å². The highest BCUT2D eigenvalue weighted by Gasteiger charge is 2.44. The second-order valence-corrected chi connectivity index (χ2v) is 8.41. The van der Waals surface area contributed by atoms with Gasteiger partial charge in [0.25, 0.3) is 5.19 Å². The minimum absolute atomic E-state index is 0.0727. The van der Waals surface area contributed by atoms with Gasteiger partial charge in [-0.1, -0.05) is 35.6 Å². The van der Waals surface area contributed by atoms with Crippen LogP contribution < -0.4 is 10.5 Å². The minimum Gasteiger partial charge on any atom is -0.431 e. The molecule has 2 unspecified atom stereocenters. The third-order valence-corrected chi connectivity index (χ3v) is 6.55. The lowest BCUT2D eigenvalue weighted by atomic mass is 10.2. The van der Waals surface area contributed by atoms with E-state index in [4.69, 9.17) is 10.5 Å². The van der Waals surface area contributed by atoms with Gasteiger partial charge < -0.3 is 15.4 Å². The summed E-state index contributed by atoms with van der Waals surface area (Å²) in [5.74, 6) is 0.869. The fourth-order valence-electron chi connectivity index (χ4n) is 4.26. The van der Waals surface area contributed by atoms with Crippen molar-refractivity contribution in [3.63, 3.8) is 0 Å². The maximum absolute atomic E-state index is 11.9. The summed E-state index contributed by atoms with van der Waals surface area (Å²) in [7, 11) is 0. The van der Waals surface area contributed by atoms with Crippen molar-refractivity contribution in [2.75, 3.05) is 19.6 Å². The number of nitrogens with zero attached hydrogens (tertiary/aromatic N) is 3. The van der Waals surface area contributed by atoms with Crippen LogP contribution in [0.5, 0.6) is 10.9 Å². The van der Waals surface area contributed by atoms with Crippen LogP contribution in [0.1, 0.15) is 12.0 Å². The van der Waals surface area contributed by atoms with Gasteiger partial charge in [0.05, 0.1) is 16.8 Å². The van der Waals surface area contributed by atoms with Crippen LogP contribution in [0.3, 0.4) is 0 Å². The standard InChI is InChI=1S/C21H22N4O2S/c22-10-20(26)25-13-15-9-16(25)12-24(15)11-14-5-7-17(8-6-14)27-21-23-18-3-1-2-4-19(18)28-21/h1-8,15-16H,9-13,22H2. The first-order chi connectivity index (χ1) is 13.7. The second-order valence-electron chi connectivity index (χ2n) is 7.42. The molecule has 3 heterocycles. The second kappa shape index (κ2) is 7.16. The van der Waals surface area contributed by atoms with E-state index in [1.54, 1.807) is 11.3 Å². The monoisotopic (exact) mass is 394 g/mol. The average Bonchev–Trinajstić information content (AvgIpc) is 3.42. The van der Waals surface area contributed by atoms with Crippen LogP contribution in [0.25, 0.3) is 10.2 Å². The highest BCUT2D eigenvalue weighted by atomic mass is 32.1. The molecule has 1 amide bonds. The average molecular weight is 395 g/mol.